The fourth-order valence-corrected chi connectivity index (χ4v) is 4.46. The van der Waals surface area contributed by atoms with Gasteiger partial charge in [-0.3, -0.25) is 0 Å². The van der Waals surface area contributed by atoms with Crippen molar-refractivity contribution in [3.63, 3.8) is 0 Å². The van der Waals surface area contributed by atoms with Gasteiger partial charge in [0, 0.05) is 0 Å². The van der Waals surface area contributed by atoms with Crippen LogP contribution in [0.2, 0.25) is 0 Å². The fraction of sp³-hybridized carbons (Fsp3) is 1.00. The van der Waals surface area contributed by atoms with E-state index >= 15 is 0 Å². The lowest BCUT2D eigenvalue weighted by atomic mass is 9.82. The van der Waals surface area contributed by atoms with Crippen molar-refractivity contribution in [2.75, 3.05) is 0 Å². The lowest BCUT2D eigenvalue weighted by Crippen LogP contribution is -2.37. The fourth-order valence-electron chi connectivity index (χ4n) is 4.46. The van der Waals surface area contributed by atoms with Crippen molar-refractivity contribution in [1.82, 2.24) is 0 Å². The van der Waals surface area contributed by atoms with E-state index in [2.05, 4.69) is 0 Å². The Morgan fingerprint density at radius 3 is 1.12 bits per heavy atom. The SMILES string of the molecule is F[C@@H]([C@H](F)C1CCCCC1)[C@@H](F)CC[C@H](F)[C@@H](F)[C@H](F)C1CCCCC1. The molecule has 2 rings (SSSR count). The maximum atomic E-state index is 14.1. The minimum Gasteiger partial charge on any atom is -0.244 e. The first kappa shape index (κ1) is 21.9. The van der Waals surface area contributed by atoms with Gasteiger partial charge in [0.2, 0.25) is 0 Å². The van der Waals surface area contributed by atoms with Gasteiger partial charge in [0.1, 0.15) is 24.7 Å². The first-order valence-electron chi connectivity index (χ1n) is 10.3. The molecule has 0 N–H and O–H groups in total. The molecular formula is C20H32F6. The molecule has 0 unspecified atom stereocenters. The monoisotopic (exact) mass is 386 g/mol. The van der Waals surface area contributed by atoms with E-state index in [9.17, 15) is 26.3 Å². The minimum absolute atomic E-state index is 0.492. The van der Waals surface area contributed by atoms with Gasteiger partial charge in [-0.15, -0.1) is 0 Å². The Hall–Kier alpha value is -0.420. The van der Waals surface area contributed by atoms with Crippen molar-refractivity contribution in [2.45, 2.75) is 114 Å². The second-order valence-corrected chi connectivity index (χ2v) is 8.18. The van der Waals surface area contributed by atoms with E-state index in [4.69, 9.17) is 0 Å². The smallest absolute Gasteiger partial charge is 0.162 e. The Morgan fingerprint density at radius 2 is 0.808 bits per heavy atom. The van der Waals surface area contributed by atoms with Crippen molar-refractivity contribution in [2.24, 2.45) is 11.8 Å². The highest BCUT2D eigenvalue weighted by molar-refractivity contribution is 4.87. The van der Waals surface area contributed by atoms with Crippen LogP contribution in [-0.4, -0.2) is 37.0 Å². The Balaban J connectivity index is 1.74. The predicted molar refractivity (Wildman–Crippen MR) is 91.8 cm³/mol. The van der Waals surface area contributed by atoms with Crippen LogP contribution < -0.4 is 0 Å². The molecule has 0 spiro atoms. The molecule has 6 heteroatoms. The molecule has 26 heavy (non-hydrogen) atoms. The van der Waals surface area contributed by atoms with Gasteiger partial charge in [-0.25, -0.2) is 26.3 Å². The summed E-state index contributed by atoms with van der Waals surface area (Å²) in [6.45, 7) is 0. The Morgan fingerprint density at radius 1 is 0.500 bits per heavy atom. The molecule has 0 radical (unpaired) electrons. The number of rotatable bonds is 9. The molecule has 2 fully saturated rings. The molecule has 0 aromatic rings. The molecular weight excluding hydrogens is 354 g/mol. The zero-order chi connectivity index (χ0) is 19.1. The van der Waals surface area contributed by atoms with Crippen LogP contribution >= 0.6 is 0 Å². The number of alkyl halides is 6. The largest absolute Gasteiger partial charge is 0.244 e. The quantitative estimate of drug-likeness (QED) is 0.376. The summed E-state index contributed by atoms with van der Waals surface area (Å²) < 4.78 is 84.3. The molecule has 0 bridgehead atoms. The van der Waals surface area contributed by atoms with Gasteiger partial charge in [-0.05, 0) is 50.4 Å². The maximum Gasteiger partial charge on any atom is 0.162 e. The van der Waals surface area contributed by atoms with Crippen LogP contribution in [0, 0.1) is 11.8 Å². The Bertz CT molecular complexity index is 344. The first-order chi connectivity index (χ1) is 12.4. The summed E-state index contributed by atoms with van der Waals surface area (Å²) in [4.78, 5) is 0. The zero-order valence-electron chi connectivity index (χ0n) is 15.4. The maximum absolute atomic E-state index is 14.1. The molecule has 0 amide bonds. The summed E-state index contributed by atoms with van der Waals surface area (Å²) in [5.74, 6) is -0.984. The van der Waals surface area contributed by atoms with Crippen molar-refractivity contribution in [1.29, 1.82) is 0 Å². The zero-order valence-corrected chi connectivity index (χ0v) is 15.4. The first-order valence-corrected chi connectivity index (χ1v) is 10.3. The molecule has 0 heterocycles. The highest BCUT2D eigenvalue weighted by atomic mass is 19.2. The summed E-state index contributed by atoms with van der Waals surface area (Å²) in [7, 11) is 0. The van der Waals surface area contributed by atoms with E-state index in [1.807, 2.05) is 0 Å². The number of hydrogen-bond donors (Lipinski definition) is 0. The average molecular weight is 386 g/mol. The molecule has 154 valence electrons. The Labute approximate surface area is 153 Å². The van der Waals surface area contributed by atoms with Crippen LogP contribution in [0.25, 0.3) is 0 Å². The van der Waals surface area contributed by atoms with Gasteiger partial charge >= 0.3 is 0 Å². The Kier molecular flexibility index (Phi) is 9.08. The summed E-state index contributed by atoms with van der Waals surface area (Å²) in [6.07, 6.45) is -6.67. The highest BCUT2D eigenvalue weighted by Gasteiger charge is 2.39. The van der Waals surface area contributed by atoms with Gasteiger partial charge in [0.25, 0.3) is 0 Å². The van der Waals surface area contributed by atoms with Crippen LogP contribution in [0.5, 0.6) is 0 Å². The average Bonchev–Trinajstić information content (AvgIpc) is 2.70. The third kappa shape index (κ3) is 6.05. The van der Waals surface area contributed by atoms with Crippen molar-refractivity contribution >= 4 is 0 Å². The standard InChI is InChI=1S/C20H32F6/c21-15(19(25)17(23)13-7-3-1-4-8-13)11-12-16(22)20(26)18(24)14-9-5-2-6-10-14/h13-20H,1-12H2/t15-,16-,17+,18+,19+,20+/m0/s1. The topological polar surface area (TPSA) is 0 Å². The highest BCUT2D eigenvalue weighted by Crippen LogP contribution is 2.35. The molecule has 0 aromatic heterocycles. The summed E-state index contributed by atoms with van der Waals surface area (Å²) in [6, 6.07) is 0. The summed E-state index contributed by atoms with van der Waals surface area (Å²) in [5, 5.41) is 0. The van der Waals surface area contributed by atoms with Crippen molar-refractivity contribution in [3.05, 3.63) is 0 Å². The molecule has 0 aliphatic heterocycles. The van der Waals surface area contributed by atoms with E-state index in [0.717, 1.165) is 38.5 Å². The molecule has 2 saturated carbocycles. The molecule has 0 nitrogen and oxygen atoms in total. The van der Waals surface area contributed by atoms with Gasteiger partial charge in [0.05, 0.1) is 0 Å². The van der Waals surface area contributed by atoms with Crippen LogP contribution in [0.4, 0.5) is 26.3 Å². The van der Waals surface area contributed by atoms with E-state index < -0.39 is 61.7 Å². The molecule has 0 aromatic carbocycles. The molecule has 2 aliphatic carbocycles. The van der Waals surface area contributed by atoms with Crippen LogP contribution in [0.1, 0.15) is 77.0 Å². The lowest BCUT2D eigenvalue weighted by molar-refractivity contribution is 0.0125. The van der Waals surface area contributed by atoms with Crippen molar-refractivity contribution in [3.8, 4) is 0 Å². The van der Waals surface area contributed by atoms with E-state index in [1.165, 1.54) is 0 Å². The van der Waals surface area contributed by atoms with Gasteiger partial charge in [-0.2, -0.15) is 0 Å². The molecule has 0 saturated heterocycles. The van der Waals surface area contributed by atoms with E-state index in [0.29, 0.717) is 25.7 Å². The number of halogens is 6. The summed E-state index contributed by atoms with van der Waals surface area (Å²) in [5.41, 5.74) is 0. The van der Waals surface area contributed by atoms with E-state index in [-0.39, 0.29) is 0 Å². The second kappa shape index (κ2) is 10.8. The summed E-state index contributed by atoms with van der Waals surface area (Å²) >= 11 is 0. The van der Waals surface area contributed by atoms with E-state index in [1.54, 1.807) is 0 Å². The van der Waals surface area contributed by atoms with Crippen LogP contribution in [0.15, 0.2) is 0 Å². The third-order valence-electron chi connectivity index (χ3n) is 6.22. The lowest BCUT2D eigenvalue weighted by Gasteiger charge is -2.29. The molecule has 2 aliphatic rings. The van der Waals surface area contributed by atoms with Gasteiger partial charge in [0.15, 0.2) is 12.3 Å². The van der Waals surface area contributed by atoms with Crippen LogP contribution in [-0.2, 0) is 0 Å². The second-order valence-electron chi connectivity index (χ2n) is 8.18. The van der Waals surface area contributed by atoms with Gasteiger partial charge < -0.3 is 0 Å². The van der Waals surface area contributed by atoms with Crippen LogP contribution in [0.3, 0.4) is 0 Å². The molecule has 6 atom stereocenters. The number of hydrogen-bond acceptors (Lipinski definition) is 0. The van der Waals surface area contributed by atoms with Gasteiger partial charge in [-0.1, -0.05) is 38.5 Å². The predicted octanol–water partition coefficient (Wildman–Crippen LogP) is 6.96. The normalized spacial score (nSPS) is 27.5. The van der Waals surface area contributed by atoms with Crippen molar-refractivity contribution < 1.29 is 26.3 Å². The third-order valence-corrected chi connectivity index (χ3v) is 6.22. The minimum atomic E-state index is -2.32.